The number of para-hydroxylation sites is 9. The Balaban J connectivity index is 1.02. The van der Waals surface area contributed by atoms with Crippen molar-refractivity contribution in [3.05, 3.63) is 321 Å². The van der Waals surface area contributed by atoms with Gasteiger partial charge >= 0.3 is 6.18 Å². The molecule has 5 nitrogen and oxygen atoms in total. The van der Waals surface area contributed by atoms with E-state index in [4.69, 9.17) is 0 Å². The van der Waals surface area contributed by atoms with Crippen molar-refractivity contribution < 1.29 is 13.2 Å². The fourth-order valence-corrected chi connectivity index (χ4v) is 16.0. The zero-order valence-corrected chi connectivity index (χ0v) is 50.2. The highest BCUT2D eigenvalue weighted by Gasteiger charge is 2.53. The number of hydrogen-bond acceptors (Lipinski definition) is 6. The third kappa shape index (κ3) is 8.81. The lowest BCUT2D eigenvalue weighted by Crippen LogP contribution is -2.65. The molecule has 0 amide bonds. The van der Waals surface area contributed by atoms with E-state index in [0.717, 1.165) is 112 Å². The summed E-state index contributed by atoms with van der Waals surface area (Å²) < 4.78 is 55.1. The van der Waals surface area contributed by atoms with Crippen LogP contribution in [0.3, 0.4) is 0 Å². The Kier molecular flexibility index (Phi) is 13.0. The van der Waals surface area contributed by atoms with E-state index >= 15 is 13.2 Å². The van der Waals surface area contributed by atoms with Crippen LogP contribution >= 0.6 is 11.8 Å². The molecule has 13 aromatic carbocycles. The second-order valence-corrected chi connectivity index (χ2v) is 24.5. The summed E-state index contributed by atoms with van der Waals surface area (Å²) in [6.07, 6.45) is -4.90. The lowest BCUT2D eigenvalue weighted by atomic mass is 9.30. The molecule has 17 rings (SSSR count). The van der Waals surface area contributed by atoms with Crippen molar-refractivity contribution in [2.24, 2.45) is 0 Å². The second-order valence-electron chi connectivity index (χ2n) is 23.5. The molecule has 0 aromatic heterocycles. The molecular formula is C80H54B2F3N5S. The molecule has 4 aliphatic rings. The van der Waals surface area contributed by atoms with Gasteiger partial charge in [0.05, 0.1) is 22.6 Å². The van der Waals surface area contributed by atoms with Gasteiger partial charge < -0.3 is 24.5 Å². The van der Waals surface area contributed by atoms with Crippen LogP contribution in [-0.2, 0) is 6.18 Å². The van der Waals surface area contributed by atoms with Gasteiger partial charge in [0.2, 0.25) is 6.71 Å². The number of benzene rings is 13. The molecule has 11 heteroatoms. The Hall–Kier alpha value is -10.9. The highest BCUT2D eigenvalue weighted by atomic mass is 32.2. The van der Waals surface area contributed by atoms with Crippen LogP contribution in [0.25, 0.3) is 11.1 Å². The number of aryl methyl sites for hydroxylation is 1. The van der Waals surface area contributed by atoms with Crippen molar-refractivity contribution >= 4 is 143 Å². The number of fused-ring (bicyclic) bond motifs is 8. The van der Waals surface area contributed by atoms with Crippen LogP contribution in [0.5, 0.6) is 0 Å². The van der Waals surface area contributed by atoms with Gasteiger partial charge in [0.1, 0.15) is 0 Å². The van der Waals surface area contributed by atoms with Gasteiger partial charge in [-0.05, 0) is 155 Å². The summed E-state index contributed by atoms with van der Waals surface area (Å²) in [4.78, 5) is 12.0. The highest BCUT2D eigenvalue weighted by Crippen LogP contribution is 2.56. The van der Waals surface area contributed by atoms with Crippen molar-refractivity contribution in [3.63, 3.8) is 0 Å². The van der Waals surface area contributed by atoms with Crippen molar-refractivity contribution in [2.45, 2.75) is 22.9 Å². The molecule has 0 saturated carbocycles. The Morgan fingerprint density at radius 2 is 0.747 bits per heavy atom. The summed E-state index contributed by atoms with van der Waals surface area (Å²) in [6.45, 7) is 0.759. The number of anilines is 15. The molecule has 0 bridgehead atoms. The molecule has 0 unspecified atom stereocenters. The predicted molar refractivity (Wildman–Crippen MR) is 375 cm³/mol. The largest absolute Gasteiger partial charge is 0.419 e. The van der Waals surface area contributed by atoms with Crippen LogP contribution in [-0.4, -0.2) is 13.4 Å². The maximum Gasteiger partial charge on any atom is 0.419 e. The lowest BCUT2D eigenvalue weighted by Gasteiger charge is -2.47. The maximum atomic E-state index is 18.4. The van der Waals surface area contributed by atoms with Crippen LogP contribution in [0.2, 0.25) is 0 Å². The fourth-order valence-electron chi connectivity index (χ4n) is 14.7. The van der Waals surface area contributed by atoms with Crippen molar-refractivity contribution in [2.75, 3.05) is 24.5 Å². The van der Waals surface area contributed by atoms with E-state index in [9.17, 15) is 0 Å². The minimum atomic E-state index is -4.90. The van der Waals surface area contributed by atoms with E-state index in [-0.39, 0.29) is 10.6 Å². The third-order valence-electron chi connectivity index (χ3n) is 18.3. The summed E-state index contributed by atoms with van der Waals surface area (Å²) in [6, 6.07) is 106. The Labute approximate surface area is 532 Å². The summed E-state index contributed by atoms with van der Waals surface area (Å²) in [7, 11) is 0. The molecule has 0 saturated heterocycles. The first-order valence-electron chi connectivity index (χ1n) is 30.7. The average Bonchev–Trinajstić information content (AvgIpc) is 0.767. The quantitative estimate of drug-likeness (QED) is 0.126. The van der Waals surface area contributed by atoms with Crippen molar-refractivity contribution in [3.8, 4) is 11.1 Å². The topological polar surface area (TPSA) is 16.2 Å². The van der Waals surface area contributed by atoms with Gasteiger partial charge in [0.15, 0.2) is 0 Å². The Morgan fingerprint density at radius 3 is 1.23 bits per heavy atom. The van der Waals surface area contributed by atoms with Crippen LogP contribution in [0.15, 0.2) is 319 Å². The predicted octanol–water partition coefficient (Wildman–Crippen LogP) is 18.5. The summed E-state index contributed by atoms with van der Waals surface area (Å²) in [5.41, 5.74) is 18.9. The minimum Gasteiger partial charge on any atom is -0.311 e. The Bertz CT molecular complexity index is 4870. The number of halogens is 3. The zero-order chi connectivity index (χ0) is 60.9. The lowest BCUT2D eigenvalue weighted by molar-refractivity contribution is -0.139. The van der Waals surface area contributed by atoms with Crippen molar-refractivity contribution in [1.29, 1.82) is 0 Å². The summed E-state index contributed by atoms with van der Waals surface area (Å²) >= 11 is 1.25. The molecule has 13 aromatic rings. The molecular weight excluding hydrogens is 1140 g/mol. The molecule has 4 aliphatic heterocycles. The smallest absolute Gasteiger partial charge is 0.311 e. The van der Waals surface area contributed by atoms with Gasteiger partial charge in [-0.1, -0.05) is 217 Å². The third-order valence-corrected chi connectivity index (χ3v) is 19.5. The standard InChI is InChI=1S/C80H54B2F3N5S/c1-53-28-27-43-63(54-29-9-2-10-30-54)77(53)90-71-49-61(86(55-31-11-3-12-32-55)56-33-13-4-14-34-56)48-70-75(71)81(64-44-23-25-46-68(64)88(70)59-39-19-7-20-40-59)66-52-67-79(74(78(66)90)80(83,84)85)91-73-51-62(87(57-35-15-5-16-36-57)58-37-17-6-18-38-58)50-72-76(73)82(67)65-45-24-26-47-69(65)89(72)60-41-21-8-22-42-60/h2-52H,1H3. The van der Waals surface area contributed by atoms with Gasteiger partial charge in [-0.15, -0.1) is 0 Å². The SMILES string of the molecule is Cc1cccc(-c2ccccc2)c1N1c2cc(N(c3ccccc3)c3ccccc3)cc3c2B(c2ccccc2N3c2ccccc2)c2cc3c(c(C(F)(F)F)c21)Sc1cc(N(c2ccccc2)c2ccccc2)cc2c1B3c1ccccc1N2c1ccccc1. The first-order chi connectivity index (χ1) is 44.8. The van der Waals surface area contributed by atoms with E-state index in [1.54, 1.807) is 0 Å². The average molecular weight is 1200 g/mol. The maximum absolute atomic E-state index is 18.4. The minimum absolute atomic E-state index is 0.116. The van der Waals surface area contributed by atoms with Crippen LogP contribution in [0.1, 0.15) is 11.1 Å². The molecule has 0 fully saturated rings. The Morgan fingerprint density at radius 1 is 0.341 bits per heavy atom. The zero-order valence-electron chi connectivity index (χ0n) is 49.4. The number of nitrogens with zero attached hydrogens (tertiary/aromatic N) is 5. The van der Waals surface area contributed by atoms with E-state index in [1.807, 2.05) is 163 Å². The van der Waals surface area contributed by atoms with E-state index in [0.29, 0.717) is 22.3 Å². The summed E-state index contributed by atoms with van der Waals surface area (Å²) in [5, 5.41) is 0. The number of rotatable bonds is 10. The second kappa shape index (κ2) is 21.7. The number of hydrogen-bond donors (Lipinski definition) is 0. The molecule has 91 heavy (non-hydrogen) atoms. The first kappa shape index (κ1) is 54.3. The molecule has 0 atom stereocenters. The van der Waals surface area contributed by atoms with Crippen LogP contribution in [0, 0.1) is 6.92 Å². The van der Waals surface area contributed by atoms with Gasteiger partial charge in [0.25, 0.3) is 6.71 Å². The van der Waals surface area contributed by atoms with E-state index < -0.39 is 25.2 Å². The molecule has 0 spiro atoms. The van der Waals surface area contributed by atoms with Gasteiger partial charge in [-0.3, -0.25) is 0 Å². The fraction of sp³-hybridized carbons (Fsp3) is 0.0250. The van der Waals surface area contributed by atoms with Gasteiger partial charge in [-0.25, -0.2) is 0 Å². The highest BCUT2D eigenvalue weighted by molar-refractivity contribution is 8.00. The van der Waals surface area contributed by atoms with Crippen molar-refractivity contribution in [1.82, 2.24) is 0 Å². The van der Waals surface area contributed by atoms with Gasteiger partial charge in [-0.2, -0.15) is 13.2 Å². The van der Waals surface area contributed by atoms with Crippen LogP contribution in [0.4, 0.5) is 98.5 Å². The van der Waals surface area contributed by atoms with Crippen LogP contribution < -0.4 is 57.3 Å². The number of alkyl halides is 3. The molecule has 432 valence electrons. The van der Waals surface area contributed by atoms with E-state index in [1.165, 1.54) is 11.8 Å². The molecule has 0 aliphatic carbocycles. The van der Waals surface area contributed by atoms with Gasteiger partial charge in [0, 0.05) is 83.6 Å². The first-order valence-corrected chi connectivity index (χ1v) is 31.5. The molecule has 0 N–H and O–H groups in total. The van der Waals surface area contributed by atoms with E-state index in [2.05, 4.69) is 177 Å². The molecule has 4 heterocycles. The normalized spacial score (nSPS) is 13.1. The monoisotopic (exact) mass is 1200 g/mol. The molecule has 0 radical (unpaired) electrons. The summed E-state index contributed by atoms with van der Waals surface area (Å²) in [5.74, 6) is 0.